The van der Waals surface area contributed by atoms with Gasteiger partial charge in [0.2, 0.25) is 23.4 Å². The molecule has 15 nitrogen and oxygen atoms in total. The van der Waals surface area contributed by atoms with Crippen molar-refractivity contribution in [2.75, 3.05) is 20.1 Å². The lowest BCUT2D eigenvalue weighted by molar-refractivity contribution is -0.159. The zero-order valence-corrected chi connectivity index (χ0v) is 24.3. The largest absolute Gasteiger partial charge is 0.481 e. The van der Waals surface area contributed by atoms with E-state index >= 15 is 0 Å². The second-order valence-corrected chi connectivity index (χ2v) is 10.6. The SMILES string of the molecule is CCC(N=C(N)N)[C@@H]1CNCC(=O)N[C@](O)(CC(=O)O)C(=O)N[C@H](Cc2ccccc2)C(=O)N(C)[C@@H](C(C)C)C(=O)N1. The molecule has 1 saturated heterocycles. The predicted octanol–water partition coefficient (Wildman–Crippen LogP) is -2.38. The van der Waals surface area contributed by atoms with E-state index in [-0.39, 0.29) is 24.8 Å². The van der Waals surface area contributed by atoms with Crippen LogP contribution < -0.4 is 32.7 Å². The van der Waals surface area contributed by atoms with Crippen molar-refractivity contribution in [1.29, 1.82) is 0 Å². The molecule has 1 aromatic rings. The number of carboxylic acid groups (broad SMARTS) is 1. The number of carboxylic acids is 1. The van der Waals surface area contributed by atoms with Crippen molar-refractivity contribution in [3.63, 3.8) is 0 Å². The van der Waals surface area contributed by atoms with Gasteiger partial charge in [-0.1, -0.05) is 51.1 Å². The number of benzene rings is 1. The standard InChI is InChI=1S/C27H42N8O7/c1-5-17(33-26(28)29)19-13-30-14-20(36)34-27(42,12-21(37)38)25(41)32-18(11-16-9-7-6-8-10-16)24(40)35(4)22(15(2)3)23(39)31-19/h6-10,15,17-19,22,30,42H,5,11-14H2,1-4H3,(H,31,39)(H,32,41)(H,34,36)(H,37,38)(H4,28,29,33)/t17?,18-,19+,22+,27+/m1/s1. The molecule has 0 bridgehead atoms. The summed E-state index contributed by atoms with van der Waals surface area (Å²) < 4.78 is 0. The molecule has 0 aromatic heterocycles. The van der Waals surface area contributed by atoms with Crippen LogP contribution in [-0.2, 0) is 30.4 Å². The molecule has 0 spiro atoms. The summed E-state index contributed by atoms with van der Waals surface area (Å²) in [6.07, 6.45) is -0.814. The van der Waals surface area contributed by atoms with Crippen LogP contribution in [0.3, 0.4) is 0 Å². The van der Waals surface area contributed by atoms with Crippen LogP contribution in [0.25, 0.3) is 0 Å². The summed E-state index contributed by atoms with van der Waals surface area (Å²) in [5.41, 5.74) is 8.96. The fourth-order valence-corrected chi connectivity index (χ4v) is 4.86. The molecule has 0 aliphatic carbocycles. The van der Waals surface area contributed by atoms with Crippen molar-refractivity contribution < 1.29 is 34.2 Å². The fourth-order valence-electron chi connectivity index (χ4n) is 4.86. The Balaban J connectivity index is 2.61. The lowest BCUT2D eigenvalue weighted by Crippen LogP contribution is -2.64. The lowest BCUT2D eigenvalue weighted by atomic mass is 9.97. The maximum absolute atomic E-state index is 13.9. The molecule has 2 rings (SSSR count). The van der Waals surface area contributed by atoms with Crippen molar-refractivity contribution >= 4 is 35.6 Å². The van der Waals surface area contributed by atoms with Gasteiger partial charge in [-0.3, -0.25) is 24.0 Å². The summed E-state index contributed by atoms with van der Waals surface area (Å²) >= 11 is 0. The van der Waals surface area contributed by atoms with Gasteiger partial charge in [0.1, 0.15) is 18.5 Å². The normalized spacial score (nSPS) is 25.4. The minimum absolute atomic E-state index is 0.0168. The topological polar surface area (TPSA) is 242 Å². The average molecular weight is 591 g/mol. The van der Waals surface area contributed by atoms with E-state index < -0.39 is 72.5 Å². The number of amides is 4. The van der Waals surface area contributed by atoms with E-state index in [1.54, 1.807) is 51.1 Å². The van der Waals surface area contributed by atoms with Gasteiger partial charge < -0.3 is 47.8 Å². The minimum Gasteiger partial charge on any atom is -0.481 e. The van der Waals surface area contributed by atoms with E-state index in [0.29, 0.717) is 12.0 Å². The van der Waals surface area contributed by atoms with Crippen LogP contribution in [0.1, 0.15) is 39.2 Å². The van der Waals surface area contributed by atoms with E-state index in [1.165, 1.54) is 11.9 Å². The Morgan fingerprint density at radius 1 is 1.14 bits per heavy atom. The smallest absolute Gasteiger partial charge is 0.308 e. The number of aliphatic imine (C=N–C) groups is 1. The number of nitrogens with two attached hydrogens (primary N) is 2. The first-order valence-electron chi connectivity index (χ1n) is 13.6. The van der Waals surface area contributed by atoms with Crippen LogP contribution in [0.4, 0.5) is 0 Å². The summed E-state index contributed by atoms with van der Waals surface area (Å²) in [7, 11) is 1.42. The maximum atomic E-state index is 13.9. The predicted molar refractivity (Wildman–Crippen MR) is 154 cm³/mol. The van der Waals surface area contributed by atoms with Crippen molar-refractivity contribution in [3.05, 3.63) is 35.9 Å². The van der Waals surface area contributed by atoms with Crippen LogP contribution in [0.2, 0.25) is 0 Å². The molecule has 15 heteroatoms. The van der Waals surface area contributed by atoms with E-state index in [0.717, 1.165) is 0 Å². The Morgan fingerprint density at radius 2 is 1.79 bits per heavy atom. The number of likely N-dealkylation sites (N-methyl/N-ethyl adjacent to an activating group) is 1. The summed E-state index contributed by atoms with van der Waals surface area (Å²) in [5, 5.41) is 30.6. The molecule has 1 aliphatic rings. The fraction of sp³-hybridized carbons (Fsp3) is 0.556. The van der Waals surface area contributed by atoms with E-state index in [2.05, 4.69) is 26.3 Å². The molecule has 1 aliphatic heterocycles. The first-order chi connectivity index (χ1) is 19.7. The number of rotatable bonds is 8. The Labute approximate surface area is 244 Å². The quantitative estimate of drug-likeness (QED) is 0.118. The van der Waals surface area contributed by atoms with Crippen molar-refractivity contribution in [3.8, 4) is 0 Å². The summed E-state index contributed by atoms with van der Waals surface area (Å²) in [6, 6.07) is 5.00. The molecule has 10 N–H and O–H groups in total. The van der Waals surface area contributed by atoms with Crippen molar-refractivity contribution in [2.45, 2.75) is 69.9 Å². The average Bonchev–Trinajstić information content (AvgIpc) is 2.89. The second kappa shape index (κ2) is 15.1. The number of aliphatic hydroxyl groups is 1. The molecule has 0 radical (unpaired) electrons. The van der Waals surface area contributed by atoms with Gasteiger partial charge in [-0.2, -0.15) is 0 Å². The van der Waals surface area contributed by atoms with Gasteiger partial charge in [0.05, 0.1) is 18.6 Å². The molecule has 1 fully saturated rings. The van der Waals surface area contributed by atoms with Crippen LogP contribution in [0, 0.1) is 5.92 Å². The lowest BCUT2D eigenvalue weighted by Gasteiger charge is -2.35. The number of guanidine groups is 1. The Bertz CT molecular complexity index is 1160. The highest BCUT2D eigenvalue weighted by Crippen LogP contribution is 2.16. The van der Waals surface area contributed by atoms with Gasteiger partial charge in [0.25, 0.3) is 5.91 Å². The number of carbonyl (C=O) groups is 5. The zero-order valence-electron chi connectivity index (χ0n) is 24.3. The van der Waals surface area contributed by atoms with Gasteiger partial charge in [-0.15, -0.1) is 0 Å². The van der Waals surface area contributed by atoms with E-state index in [4.69, 9.17) is 11.5 Å². The Kier molecular flexibility index (Phi) is 12.2. The van der Waals surface area contributed by atoms with Gasteiger partial charge in [-0.05, 0) is 17.9 Å². The molecule has 1 heterocycles. The molecule has 5 atom stereocenters. The molecule has 1 unspecified atom stereocenters. The number of hydrogen-bond acceptors (Lipinski definition) is 8. The van der Waals surface area contributed by atoms with Gasteiger partial charge >= 0.3 is 5.97 Å². The van der Waals surface area contributed by atoms with Crippen molar-refractivity contribution in [1.82, 2.24) is 26.2 Å². The summed E-state index contributed by atoms with van der Waals surface area (Å²) in [4.78, 5) is 70.6. The number of carbonyl (C=O) groups excluding carboxylic acids is 4. The van der Waals surface area contributed by atoms with E-state index in [9.17, 15) is 34.2 Å². The third kappa shape index (κ3) is 9.41. The molecule has 4 amide bonds. The first-order valence-corrected chi connectivity index (χ1v) is 13.6. The third-order valence-corrected chi connectivity index (χ3v) is 6.86. The maximum Gasteiger partial charge on any atom is 0.308 e. The van der Waals surface area contributed by atoms with E-state index in [1.807, 2.05) is 0 Å². The molecular formula is C27H42N8O7. The molecule has 0 saturated carbocycles. The molecule has 42 heavy (non-hydrogen) atoms. The first kappa shape index (κ1) is 34.0. The van der Waals surface area contributed by atoms with Crippen LogP contribution in [0.5, 0.6) is 0 Å². The molecular weight excluding hydrogens is 548 g/mol. The van der Waals surface area contributed by atoms with Crippen LogP contribution in [-0.4, -0.2) is 101 Å². The van der Waals surface area contributed by atoms with Gasteiger partial charge in [0, 0.05) is 20.0 Å². The summed E-state index contributed by atoms with van der Waals surface area (Å²) in [6.45, 7) is 4.83. The molecule has 1 aromatic carbocycles. The number of nitrogens with one attached hydrogen (secondary N) is 4. The minimum atomic E-state index is -2.88. The highest BCUT2D eigenvalue weighted by molar-refractivity contribution is 5.97. The van der Waals surface area contributed by atoms with Gasteiger partial charge in [0.15, 0.2) is 5.96 Å². The molecule has 232 valence electrons. The van der Waals surface area contributed by atoms with Crippen LogP contribution in [0.15, 0.2) is 35.3 Å². The van der Waals surface area contributed by atoms with Crippen LogP contribution >= 0.6 is 0 Å². The van der Waals surface area contributed by atoms with Crippen molar-refractivity contribution in [2.24, 2.45) is 22.4 Å². The van der Waals surface area contributed by atoms with Gasteiger partial charge in [-0.25, -0.2) is 4.99 Å². The Morgan fingerprint density at radius 3 is 2.33 bits per heavy atom. The number of aliphatic carboxylic acids is 1. The number of nitrogens with zero attached hydrogens (tertiary/aromatic N) is 2. The Hall–Kier alpha value is -4.24. The third-order valence-electron chi connectivity index (χ3n) is 6.86. The summed E-state index contributed by atoms with van der Waals surface area (Å²) in [5.74, 6) is -5.55. The zero-order chi connectivity index (χ0) is 31.6. The monoisotopic (exact) mass is 590 g/mol. The number of hydrogen-bond donors (Lipinski definition) is 8. The highest BCUT2D eigenvalue weighted by atomic mass is 16.4. The second-order valence-electron chi connectivity index (χ2n) is 10.6. The highest BCUT2D eigenvalue weighted by Gasteiger charge is 2.43.